The zero-order valence-electron chi connectivity index (χ0n) is 20.1. The Hall–Kier alpha value is -3.80. The number of nitrogens with zero attached hydrogens (tertiary/aromatic N) is 1. The van der Waals surface area contributed by atoms with Crippen LogP contribution in [0.4, 0.5) is 0 Å². The van der Waals surface area contributed by atoms with Gasteiger partial charge in [0.15, 0.2) is 6.61 Å². The molecule has 0 radical (unpaired) electrons. The zero-order valence-corrected chi connectivity index (χ0v) is 20.1. The van der Waals surface area contributed by atoms with Gasteiger partial charge in [0.1, 0.15) is 11.5 Å². The third-order valence-corrected chi connectivity index (χ3v) is 6.32. The van der Waals surface area contributed by atoms with Crippen molar-refractivity contribution in [2.24, 2.45) is 0 Å². The van der Waals surface area contributed by atoms with E-state index >= 15 is 0 Å². The molecule has 1 saturated heterocycles. The van der Waals surface area contributed by atoms with Gasteiger partial charge >= 0.3 is 0 Å². The fourth-order valence-corrected chi connectivity index (χ4v) is 4.42. The standard InChI is InChI=1S/C29H32N2O4/c1-34-26-13-7-5-12-24(26)20-29(33)31-17-15-25(16-18-31)30-28(32)21-35-27-14-8-6-11-23(27)19-22-9-3-2-4-10-22/h2-14,25H,15-21H2,1H3,(H,30,32). The predicted molar refractivity (Wildman–Crippen MR) is 136 cm³/mol. The number of hydrogen-bond donors (Lipinski definition) is 1. The number of carbonyl (C=O) groups excluding carboxylic acids is 2. The summed E-state index contributed by atoms with van der Waals surface area (Å²) in [6, 6.07) is 25.7. The lowest BCUT2D eigenvalue weighted by Gasteiger charge is -2.32. The third-order valence-electron chi connectivity index (χ3n) is 6.32. The van der Waals surface area contributed by atoms with Crippen molar-refractivity contribution < 1.29 is 19.1 Å². The van der Waals surface area contributed by atoms with E-state index < -0.39 is 0 Å². The van der Waals surface area contributed by atoms with Crippen LogP contribution in [0.5, 0.6) is 11.5 Å². The molecule has 0 saturated carbocycles. The molecular formula is C29H32N2O4. The van der Waals surface area contributed by atoms with Gasteiger partial charge in [-0.15, -0.1) is 0 Å². The molecule has 1 fully saturated rings. The Labute approximate surface area is 206 Å². The topological polar surface area (TPSA) is 67.9 Å². The minimum atomic E-state index is -0.140. The molecular weight excluding hydrogens is 440 g/mol. The van der Waals surface area contributed by atoms with Crippen LogP contribution >= 0.6 is 0 Å². The molecule has 1 heterocycles. The Morgan fingerprint density at radius 2 is 1.49 bits per heavy atom. The molecule has 0 bridgehead atoms. The van der Waals surface area contributed by atoms with Gasteiger partial charge in [-0.1, -0.05) is 66.7 Å². The minimum Gasteiger partial charge on any atom is -0.496 e. The fraction of sp³-hybridized carbons (Fsp3) is 0.310. The summed E-state index contributed by atoms with van der Waals surface area (Å²) >= 11 is 0. The average Bonchev–Trinajstić information content (AvgIpc) is 2.89. The quantitative estimate of drug-likeness (QED) is 0.511. The first-order valence-corrected chi connectivity index (χ1v) is 12.1. The number of amides is 2. The van der Waals surface area contributed by atoms with E-state index in [0.717, 1.165) is 41.9 Å². The number of carbonyl (C=O) groups is 2. The largest absolute Gasteiger partial charge is 0.496 e. The first-order valence-electron chi connectivity index (χ1n) is 12.1. The highest BCUT2D eigenvalue weighted by molar-refractivity contribution is 5.80. The van der Waals surface area contributed by atoms with E-state index in [0.29, 0.717) is 19.5 Å². The monoisotopic (exact) mass is 472 g/mol. The van der Waals surface area contributed by atoms with Crippen LogP contribution in [-0.4, -0.2) is 49.6 Å². The van der Waals surface area contributed by atoms with E-state index in [9.17, 15) is 9.59 Å². The van der Waals surface area contributed by atoms with E-state index in [1.807, 2.05) is 71.6 Å². The van der Waals surface area contributed by atoms with E-state index in [1.165, 1.54) is 5.56 Å². The molecule has 35 heavy (non-hydrogen) atoms. The van der Waals surface area contributed by atoms with Crippen LogP contribution < -0.4 is 14.8 Å². The number of benzene rings is 3. The summed E-state index contributed by atoms with van der Waals surface area (Å²) in [6.45, 7) is 1.22. The van der Waals surface area contributed by atoms with E-state index in [1.54, 1.807) is 7.11 Å². The molecule has 0 aromatic heterocycles. The smallest absolute Gasteiger partial charge is 0.258 e. The summed E-state index contributed by atoms with van der Waals surface area (Å²) < 4.78 is 11.2. The molecule has 2 amide bonds. The summed E-state index contributed by atoms with van der Waals surface area (Å²) in [7, 11) is 1.61. The lowest BCUT2D eigenvalue weighted by molar-refractivity contribution is -0.131. The Kier molecular flexibility index (Phi) is 8.39. The van der Waals surface area contributed by atoms with Crippen molar-refractivity contribution >= 4 is 11.8 Å². The molecule has 4 rings (SSSR count). The van der Waals surface area contributed by atoms with E-state index in [2.05, 4.69) is 17.4 Å². The molecule has 0 unspecified atom stereocenters. The highest BCUT2D eigenvalue weighted by Gasteiger charge is 2.24. The van der Waals surface area contributed by atoms with Crippen molar-refractivity contribution in [2.75, 3.05) is 26.8 Å². The lowest BCUT2D eigenvalue weighted by Crippen LogP contribution is -2.47. The Balaban J connectivity index is 1.22. The van der Waals surface area contributed by atoms with Crippen LogP contribution in [0.3, 0.4) is 0 Å². The fourth-order valence-electron chi connectivity index (χ4n) is 4.42. The lowest BCUT2D eigenvalue weighted by atomic mass is 10.0. The zero-order chi connectivity index (χ0) is 24.5. The summed E-state index contributed by atoms with van der Waals surface area (Å²) in [5.41, 5.74) is 3.13. The average molecular weight is 473 g/mol. The summed E-state index contributed by atoms with van der Waals surface area (Å²) in [5.74, 6) is 1.40. The van der Waals surface area contributed by atoms with E-state index in [-0.39, 0.29) is 24.5 Å². The van der Waals surface area contributed by atoms with Crippen molar-refractivity contribution in [2.45, 2.75) is 31.7 Å². The number of para-hydroxylation sites is 2. The molecule has 0 aliphatic carbocycles. The first-order chi connectivity index (χ1) is 17.1. The number of rotatable bonds is 9. The van der Waals surface area contributed by atoms with Crippen molar-refractivity contribution in [3.8, 4) is 11.5 Å². The van der Waals surface area contributed by atoms with Crippen molar-refractivity contribution in [1.29, 1.82) is 0 Å². The number of likely N-dealkylation sites (tertiary alicyclic amines) is 1. The second-order valence-electron chi connectivity index (χ2n) is 8.77. The van der Waals surface area contributed by atoms with Gasteiger partial charge in [-0.2, -0.15) is 0 Å². The molecule has 3 aromatic rings. The van der Waals surface area contributed by atoms with Crippen LogP contribution in [0.1, 0.15) is 29.5 Å². The molecule has 0 spiro atoms. The Morgan fingerprint density at radius 1 is 0.857 bits per heavy atom. The normalized spacial score (nSPS) is 13.8. The third kappa shape index (κ3) is 6.85. The van der Waals surface area contributed by atoms with Gasteiger partial charge in [0, 0.05) is 31.1 Å². The number of piperidine rings is 1. The maximum Gasteiger partial charge on any atom is 0.258 e. The van der Waals surface area contributed by atoms with E-state index in [4.69, 9.17) is 9.47 Å². The molecule has 1 N–H and O–H groups in total. The van der Waals surface area contributed by atoms with Crippen LogP contribution in [0.25, 0.3) is 0 Å². The maximum atomic E-state index is 12.7. The highest BCUT2D eigenvalue weighted by Crippen LogP contribution is 2.22. The van der Waals surface area contributed by atoms with Crippen molar-refractivity contribution in [3.05, 3.63) is 95.6 Å². The molecule has 1 aliphatic heterocycles. The van der Waals surface area contributed by atoms with Gasteiger partial charge in [0.2, 0.25) is 5.91 Å². The molecule has 0 atom stereocenters. The van der Waals surface area contributed by atoms with Crippen LogP contribution in [0, 0.1) is 0 Å². The molecule has 1 aliphatic rings. The van der Waals surface area contributed by atoms with Gasteiger partial charge in [-0.3, -0.25) is 9.59 Å². The number of ether oxygens (including phenoxy) is 2. The number of nitrogens with one attached hydrogen (secondary N) is 1. The molecule has 6 nitrogen and oxygen atoms in total. The van der Waals surface area contributed by atoms with Crippen LogP contribution in [0.15, 0.2) is 78.9 Å². The SMILES string of the molecule is COc1ccccc1CC(=O)N1CCC(NC(=O)COc2ccccc2Cc2ccccc2)CC1. The van der Waals surface area contributed by atoms with Crippen molar-refractivity contribution in [3.63, 3.8) is 0 Å². The number of hydrogen-bond acceptors (Lipinski definition) is 4. The van der Waals surface area contributed by atoms with Gasteiger partial charge in [-0.05, 0) is 36.1 Å². The summed E-state index contributed by atoms with van der Waals surface area (Å²) in [6.07, 6.45) is 2.53. The maximum absolute atomic E-state index is 12.7. The number of methoxy groups -OCH3 is 1. The summed E-state index contributed by atoms with van der Waals surface area (Å²) in [5, 5.41) is 3.06. The predicted octanol–water partition coefficient (Wildman–Crippen LogP) is 4.01. The first kappa shape index (κ1) is 24.3. The molecule has 6 heteroatoms. The minimum absolute atomic E-state index is 0.0290. The second-order valence-corrected chi connectivity index (χ2v) is 8.77. The van der Waals surface area contributed by atoms with Crippen LogP contribution in [0.2, 0.25) is 0 Å². The Morgan fingerprint density at radius 3 is 2.20 bits per heavy atom. The summed E-state index contributed by atoms with van der Waals surface area (Å²) in [4.78, 5) is 27.2. The molecule has 3 aromatic carbocycles. The van der Waals surface area contributed by atoms with Gasteiger partial charge in [-0.25, -0.2) is 0 Å². The van der Waals surface area contributed by atoms with Gasteiger partial charge in [0.25, 0.3) is 5.91 Å². The van der Waals surface area contributed by atoms with Gasteiger partial charge in [0.05, 0.1) is 13.5 Å². The van der Waals surface area contributed by atoms with Crippen LogP contribution in [-0.2, 0) is 22.4 Å². The highest BCUT2D eigenvalue weighted by atomic mass is 16.5. The van der Waals surface area contributed by atoms with Gasteiger partial charge < -0.3 is 19.7 Å². The Bertz CT molecular complexity index is 1120. The second kappa shape index (κ2) is 12.1. The molecule has 182 valence electrons. The van der Waals surface area contributed by atoms with Crippen molar-refractivity contribution in [1.82, 2.24) is 10.2 Å².